The first kappa shape index (κ1) is 25.4. The molecule has 2 aromatic carbocycles. The van der Waals surface area contributed by atoms with Crippen LogP contribution in [0.5, 0.6) is 0 Å². The number of nitrogens with zero attached hydrogens (tertiary/aromatic N) is 4. The van der Waals surface area contributed by atoms with Crippen LogP contribution in [-0.4, -0.2) is 72.2 Å². The molecular weight excluding hydrogens is 521 g/mol. The van der Waals surface area contributed by atoms with E-state index in [1.54, 1.807) is 12.1 Å². The van der Waals surface area contributed by atoms with E-state index in [9.17, 15) is 33.2 Å². The summed E-state index contributed by atoms with van der Waals surface area (Å²) in [4.78, 5) is 82.8. The van der Waals surface area contributed by atoms with E-state index in [2.05, 4.69) is 5.32 Å². The summed E-state index contributed by atoms with van der Waals surface area (Å²) in [5.41, 5.74) is 0.208. The van der Waals surface area contributed by atoms with Crippen LogP contribution in [0, 0.1) is 11.2 Å². The number of carbonyl (C=O) groups excluding carboxylic acids is 6. The van der Waals surface area contributed by atoms with Crippen LogP contribution in [0.3, 0.4) is 0 Å². The van der Waals surface area contributed by atoms with Gasteiger partial charge >= 0.3 is 12.1 Å². The standard InChI is InChI=1S/C28H24FN5O6/c1-31-24(37)28(25(38)32(2)27(31)40)14-16-12-15(5-10-20(16)33-11-3-4-21(28)33)13-19-22(35)30-26(39)34(23(19)36)18-8-6-17(29)7-9-18/h5-10,12-13,21H,3-4,11,14H2,1-2H3,(H,30,35,39)/b19-13+/t21-/m0/s1. The normalized spacial score (nSPS) is 23.3. The molecule has 3 fully saturated rings. The van der Waals surface area contributed by atoms with Gasteiger partial charge in [0.1, 0.15) is 11.4 Å². The van der Waals surface area contributed by atoms with E-state index in [-0.39, 0.29) is 17.7 Å². The average Bonchev–Trinajstić information content (AvgIpc) is 3.44. The SMILES string of the molecule is CN1C(=O)N(C)C(=O)C2(Cc3cc(/C=C4\C(=O)NC(=O)N(c5ccc(F)cc5)C4=O)ccc3N3CCC[C@H]32)C1=O. The Bertz CT molecular complexity index is 1540. The van der Waals surface area contributed by atoms with Gasteiger partial charge in [-0.3, -0.25) is 34.3 Å². The molecule has 3 saturated heterocycles. The quantitative estimate of drug-likeness (QED) is 0.348. The van der Waals surface area contributed by atoms with Crippen molar-refractivity contribution in [2.24, 2.45) is 5.41 Å². The van der Waals surface area contributed by atoms with E-state index in [0.29, 0.717) is 24.1 Å². The number of hydrogen-bond donors (Lipinski definition) is 1. The number of nitrogens with one attached hydrogen (secondary N) is 1. The largest absolute Gasteiger partial charge is 0.367 e. The second kappa shape index (κ2) is 8.83. The van der Waals surface area contributed by atoms with Gasteiger partial charge in [-0.15, -0.1) is 0 Å². The molecule has 40 heavy (non-hydrogen) atoms. The van der Waals surface area contributed by atoms with Crippen LogP contribution < -0.4 is 15.1 Å². The third-order valence-corrected chi connectivity index (χ3v) is 8.15. The number of anilines is 2. The van der Waals surface area contributed by atoms with Crippen LogP contribution in [-0.2, 0) is 25.6 Å². The Kier molecular flexibility index (Phi) is 5.61. The maximum Gasteiger partial charge on any atom is 0.335 e. The lowest BCUT2D eigenvalue weighted by Crippen LogP contribution is -2.70. The van der Waals surface area contributed by atoms with Crippen molar-refractivity contribution in [2.45, 2.75) is 25.3 Å². The van der Waals surface area contributed by atoms with Crippen LogP contribution in [0.4, 0.5) is 25.4 Å². The molecule has 12 heteroatoms. The molecule has 11 nitrogen and oxygen atoms in total. The highest BCUT2D eigenvalue weighted by Crippen LogP contribution is 2.49. The van der Waals surface area contributed by atoms with Crippen molar-refractivity contribution < 1.29 is 33.2 Å². The molecule has 1 N–H and O–H groups in total. The number of fused-ring (bicyclic) bond motifs is 4. The number of hydrogen-bond acceptors (Lipinski definition) is 7. The minimum absolute atomic E-state index is 0.0421. The first-order valence-electron chi connectivity index (χ1n) is 12.7. The smallest absolute Gasteiger partial charge is 0.335 e. The summed E-state index contributed by atoms with van der Waals surface area (Å²) in [6.07, 6.45) is 2.75. The molecule has 4 heterocycles. The van der Waals surface area contributed by atoms with Gasteiger partial charge in [0, 0.05) is 26.3 Å². The predicted molar refractivity (Wildman–Crippen MR) is 139 cm³/mol. The van der Waals surface area contributed by atoms with E-state index < -0.39 is 53.0 Å². The Morgan fingerprint density at radius 1 is 0.950 bits per heavy atom. The number of amides is 8. The number of rotatable bonds is 2. The van der Waals surface area contributed by atoms with Crippen LogP contribution in [0.1, 0.15) is 24.0 Å². The zero-order chi connectivity index (χ0) is 28.5. The zero-order valence-corrected chi connectivity index (χ0v) is 21.6. The number of urea groups is 2. The number of halogens is 1. The molecule has 1 spiro atoms. The molecule has 0 bridgehead atoms. The molecule has 4 aliphatic heterocycles. The molecule has 204 valence electrons. The van der Waals surface area contributed by atoms with Gasteiger partial charge in [0.25, 0.3) is 11.8 Å². The van der Waals surface area contributed by atoms with Gasteiger partial charge in [0.15, 0.2) is 5.41 Å². The fourth-order valence-electron chi connectivity index (χ4n) is 6.28. The molecule has 0 aromatic heterocycles. The van der Waals surface area contributed by atoms with Crippen LogP contribution >= 0.6 is 0 Å². The van der Waals surface area contributed by atoms with Crippen molar-refractivity contribution in [1.82, 2.24) is 15.1 Å². The molecular formula is C28H24FN5O6. The lowest BCUT2D eigenvalue weighted by Gasteiger charge is -2.50. The van der Waals surface area contributed by atoms with E-state index in [0.717, 1.165) is 38.9 Å². The summed E-state index contributed by atoms with van der Waals surface area (Å²) in [5.74, 6) is -3.43. The van der Waals surface area contributed by atoms with Crippen molar-refractivity contribution in [3.05, 3.63) is 65.0 Å². The molecule has 4 aliphatic rings. The minimum Gasteiger partial charge on any atom is -0.367 e. The lowest BCUT2D eigenvalue weighted by atomic mass is 9.68. The Labute approximate surface area is 227 Å². The summed E-state index contributed by atoms with van der Waals surface area (Å²) in [6, 6.07) is 7.87. The molecule has 8 amide bonds. The topological polar surface area (TPSA) is 127 Å². The minimum atomic E-state index is -1.49. The lowest BCUT2D eigenvalue weighted by molar-refractivity contribution is -0.159. The molecule has 0 radical (unpaired) electrons. The molecule has 6 rings (SSSR count). The molecule has 0 unspecified atom stereocenters. The van der Waals surface area contributed by atoms with Crippen LogP contribution in [0.25, 0.3) is 6.08 Å². The summed E-state index contributed by atoms with van der Waals surface area (Å²) >= 11 is 0. The maximum atomic E-state index is 13.6. The summed E-state index contributed by atoms with van der Waals surface area (Å²) in [6.45, 7) is 0.622. The Balaban J connectivity index is 1.40. The monoisotopic (exact) mass is 545 g/mol. The zero-order valence-electron chi connectivity index (χ0n) is 21.6. The summed E-state index contributed by atoms with van der Waals surface area (Å²) < 4.78 is 13.4. The highest BCUT2D eigenvalue weighted by atomic mass is 19.1. The number of benzene rings is 2. The highest BCUT2D eigenvalue weighted by molar-refractivity contribution is 6.39. The van der Waals surface area contributed by atoms with Crippen LogP contribution in [0.15, 0.2) is 48.0 Å². The van der Waals surface area contributed by atoms with Crippen molar-refractivity contribution in [3.63, 3.8) is 0 Å². The van der Waals surface area contributed by atoms with Gasteiger partial charge in [-0.05, 0) is 72.9 Å². The Morgan fingerprint density at radius 2 is 1.62 bits per heavy atom. The molecule has 0 saturated carbocycles. The fourth-order valence-corrected chi connectivity index (χ4v) is 6.28. The van der Waals surface area contributed by atoms with Gasteiger partial charge < -0.3 is 4.90 Å². The number of barbiturate groups is 2. The highest BCUT2D eigenvalue weighted by Gasteiger charge is 2.63. The van der Waals surface area contributed by atoms with Gasteiger partial charge in [0.05, 0.1) is 11.7 Å². The van der Waals surface area contributed by atoms with Crippen molar-refractivity contribution in [1.29, 1.82) is 0 Å². The third-order valence-electron chi connectivity index (χ3n) is 8.15. The van der Waals surface area contributed by atoms with Crippen molar-refractivity contribution in [3.8, 4) is 0 Å². The first-order chi connectivity index (χ1) is 19.0. The Morgan fingerprint density at radius 3 is 2.30 bits per heavy atom. The molecule has 1 atom stereocenters. The van der Waals surface area contributed by atoms with E-state index in [1.807, 2.05) is 11.0 Å². The maximum absolute atomic E-state index is 13.6. The van der Waals surface area contributed by atoms with Crippen molar-refractivity contribution >= 4 is 53.1 Å². The first-order valence-corrected chi connectivity index (χ1v) is 12.7. The second-order valence-electron chi connectivity index (χ2n) is 10.3. The summed E-state index contributed by atoms with van der Waals surface area (Å²) in [7, 11) is 2.74. The molecule has 0 aliphatic carbocycles. The Hall–Kier alpha value is -4.87. The van der Waals surface area contributed by atoms with Gasteiger partial charge in [-0.25, -0.2) is 18.9 Å². The van der Waals surface area contributed by atoms with E-state index in [1.165, 1.54) is 32.3 Å². The predicted octanol–water partition coefficient (Wildman–Crippen LogP) is 2.05. The van der Waals surface area contributed by atoms with Crippen LogP contribution in [0.2, 0.25) is 0 Å². The van der Waals surface area contributed by atoms with Gasteiger partial charge in [-0.1, -0.05) is 6.07 Å². The second-order valence-corrected chi connectivity index (χ2v) is 10.3. The van der Waals surface area contributed by atoms with Gasteiger partial charge in [-0.2, -0.15) is 0 Å². The third kappa shape index (κ3) is 3.48. The fraction of sp³-hybridized carbons (Fsp3) is 0.286. The van der Waals surface area contributed by atoms with Crippen molar-refractivity contribution in [2.75, 3.05) is 30.4 Å². The number of carbonyl (C=O) groups is 6. The van der Waals surface area contributed by atoms with E-state index in [4.69, 9.17) is 0 Å². The molecule has 2 aromatic rings. The average molecular weight is 546 g/mol. The summed E-state index contributed by atoms with van der Waals surface area (Å²) in [5, 5.41) is 2.13. The number of imide groups is 4. The van der Waals surface area contributed by atoms with Gasteiger partial charge in [0.2, 0.25) is 11.8 Å². The van der Waals surface area contributed by atoms with E-state index >= 15 is 0 Å².